The number of amides is 3. The number of nitrogens with one attached hydrogen (secondary N) is 1. The van der Waals surface area contributed by atoms with E-state index in [4.69, 9.17) is 0 Å². The van der Waals surface area contributed by atoms with E-state index < -0.39 is 0 Å². The van der Waals surface area contributed by atoms with Gasteiger partial charge in [-0.2, -0.15) is 0 Å². The van der Waals surface area contributed by atoms with E-state index in [1.165, 1.54) is 4.90 Å². The number of nitrogens with zero attached hydrogens (tertiary/aromatic N) is 2. The minimum absolute atomic E-state index is 0.141. The fourth-order valence-corrected chi connectivity index (χ4v) is 2.03. The Bertz CT molecular complexity index is 445. The van der Waals surface area contributed by atoms with Crippen molar-refractivity contribution in [2.45, 2.75) is 32.9 Å². The highest BCUT2D eigenvalue weighted by Gasteiger charge is 2.37. The van der Waals surface area contributed by atoms with Gasteiger partial charge in [0.2, 0.25) is 0 Å². The fraction of sp³-hybridized carbons (Fsp3) is 0.462. The first kappa shape index (κ1) is 12.5. The van der Waals surface area contributed by atoms with Crippen molar-refractivity contribution >= 4 is 11.9 Å². The summed E-state index contributed by atoms with van der Waals surface area (Å²) in [7, 11) is 0. The lowest BCUT2D eigenvalue weighted by atomic mass is 10.0. The summed E-state index contributed by atoms with van der Waals surface area (Å²) in [6.07, 6.45) is 4.00. The van der Waals surface area contributed by atoms with Gasteiger partial charge in [0.05, 0.1) is 6.54 Å². The van der Waals surface area contributed by atoms with E-state index in [2.05, 4.69) is 10.3 Å². The molecule has 0 spiro atoms. The molecule has 0 aromatic carbocycles. The number of pyridine rings is 1. The summed E-state index contributed by atoms with van der Waals surface area (Å²) in [6, 6.07) is 2.95. The molecule has 18 heavy (non-hydrogen) atoms. The lowest BCUT2D eigenvalue weighted by Gasteiger charge is -2.13. The molecule has 0 aliphatic carbocycles. The third-order valence-corrected chi connectivity index (χ3v) is 2.88. The largest absolute Gasteiger partial charge is 0.326 e. The van der Waals surface area contributed by atoms with E-state index in [0.29, 0.717) is 12.3 Å². The molecule has 1 saturated heterocycles. The smallest absolute Gasteiger partial charge is 0.325 e. The topological polar surface area (TPSA) is 62.3 Å². The van der Waals surface area contributed by atoms with Crippen molar-refractivity contribution in [2.75, 3.05) is 0 Å². The number of hydrogen-bond acceptors (Lipinski definition) is 3. The monoisotopic (exact) mass is 247 g/mol. The maximum Gasteiger partial charge on any atom is 0.325 e. The number of carbonyl (C=O) groups excluding carboxylic acids is 2. The first-order valence-corrected chi connectivity index (χ1v) is 6.08. The highest BCUT2D eigenvalue weighted by molar-refractivity contribution is 6.04. The average molecular weight is 247 g/mol. The summed E-state index contributed by atoms with van der Waals surface area (Å²) in [6.45, 7) is 4.35. The van der Waals surface area contributed by atoms with E-state index in [-0.39, 0.29) is 24.5 Å². The second-order valence-corrected chi connectivity index (χ2v) is 4.92. The van der Waals surface area contributed by atoms with Gasteiger partial charge >= 0.3 is 6.03 Å². The number of imide groups is 1. The maximum atomic E-state index is 12.1. The standard InChI is InChI=1S/C13H17N3O2/c1-9(2)6-11-12(17)16(13(18)15-11)8-10-4-3-5-14-7-10/h3-5,7,9,11H,6,8H2,1-2H3,(H,15,18)/t11-/m0/s1. The van der Waals surface area contributed by atoms with Crippen molar-refractivity contribution in [1.82, 2.24) is 15.2 Å². The molecule has 5 heteroatoms. The van der Waals surface area contributed by atoms with Crippen LogP contribution in [-0.4, -0.2) is 27.9 Å². The molecule has 0 radical (unpaired) electrons. The van der Waals surface area contributed by atoms with E-state index in [1.54, 1.807) is 18.5 Å². The van der Waals surface area contributed by atoms with Crippen LogP contribution in [0.1, 0.15) is 25.8 Å². The van der Waals surface area contributed by atoms with E-state index >= 15 is 0 Å². The third kappa shape index (κ3) is 2.67. The molecule has 0 bridgehead atoms. The summed E-state index contributed by atoms with van der Waals surface area (Å²) >= 11 is 0. The van der Waals surface area contributed by atoms with Crippen LogP contribution in [0, 0.1) is 5.92 Å². The fourth-order valence-electron chi connectivity index (χ4n) is 2.03. The quantitative estimate of drug-likeness (QED) is 0.821. The molecule has 2 heterocycles. The van der Waals surface area contributed by atoms with Crippen molar-refractivity contribution in [3.63, 3.8) is 0 Å². The predicted molar refractivity (Wildman–Crippen MR) is 66.6 cm³/mol. The molecule has 3 amide bonds. The molecule has 2 rings (SSSR count). The Hall–Kier alpha value is -1.91. The van der Waals surface area contributed by atoms with Crippen LogP contribution in [0.15, 0.2) is 24.5 Å². The third-order valence-electron chi connectivity index (χ3n) is 2.88. The Kier molecular flexibility index (Phi) is 3.60. The van der Waals surface area contributed by atoms with Crippen molar-refractivity contribution < 1.29 is 9.59 Å². The molecule has 1 fully saturated rings. The summed E-state index contributed by atoms with van der Waals surface area (Å²) < 4.78 is 0. The van der Waals surface area contributed by atoms with Crippen LogP contribution in [-0.2, 0) is 11.3 Å². The van der Waals surface area contributed by atoms with Crippen LogP contribution >= 0.6 is 0 Å². The molecule has 1 aliphatic heterocycles. The molecule has 0 unspecified atom stereocenters. The molecule has 1 aromatic heterocycles. The molecular weight excluding hydrogens is 230 g/mol. The van der Waals surface area contributed by atoms with Gasteiger partial charge in [-0.25, -0.2) is 4.79 Å². The first-order valence-electron chi connectivity index (χ1n) is 6.08. The molecule has 0 saturated carbocycles. The van der Waals surface area contributed by atoms with Crippen molar-refractivity contribution in [2.24, 2.45) is 5.92 Å². The molecule has 1 N–H and O–H groups in total. The number of rotatable bonds is 4. The van der Waals surface area contributed by atoms with Crippen LogP contribution in [0.2, 0.25) is 0 Å². The van der Waals surface area contributed by atoms with E-state index in [9.17, 15) is 9.59 Å². The predicted octanol–water partition coefficient (Wildman–Crippen LogP) is 1.55. The minimum Gasteiger partial charge on any atom is -0.326 e. The zero-order chi connectivity index (χ0) is 13.1. The second-order valence-electron chi connectivity index (χ2n) is 4.92. The number of urea groups is 1. The van der Waals surface area contributed by atoms with Crippen LogP contribution in [0.3, 0.4) is 0 Å². The maximum absolute atomic E-state index is 12.1. The SMILES string of the molecule is CC(C)C[C@@H]1NC(=O)N(Cc2cccnc2)C1=O. The van der Waals surface area contributed by atoms with E-state index in [0.717, 1.165) is 5.56 Å². The van der Waals surface area contributed by atoms with Crippen molar-refractivity contribution in [1.29, 1.82) is 0 Å². The Balaban J connectivity index is 2.06. The second kappa shape index (κ2) is 5.16. The summed E-state index contributed by atoms with van der Waals surface area (Å²) in [5, 5.41) is 2.72. The Morgan fingerprint density at radius 1 is 1.44 bits per heavy atom. The Morgan fingerprint density at radius 3 is 2.83 bits per heavy atom. The lowest BCUT2D eigenvalue weighted by Crippen LogP contribution is -2.31. The molecular formula is C13H17N3O2. The van der Waals surface area contributed by atoms with Crippen molar-refractivity contribution in [3.8, 4) is 0 Å². The summed E-state index contributed by atoms with van der Waals surface area (Å²) in [5.74, 6) is 0.232. The van der Waals surface area contributed by atoms with Crippen LogP contribution in [0.25, 0.3) is 0 Å². The number of aromatic nitrogens is 1. The van der Waals surface area contributed by atoms with Gasteiger partial charge in [0, 0.05) is 12.4 Å². The van der Waals surface area contributed by atoms with Gasteiger partial charge in [0.15, 0.2) is 0 Å². The van der Waals surface area contributed by atoms with Gasteiger partial charge < -0.3 is 5.32 Å². The highest BCUT2D eigenvalue weighted by Crippen LogP contribution is 2.16. The average Bonchev–Trinajstić information content (AvgIpc) is 2.58. The molecule has 1 aromatic rings. The summed E-state index contributed by atoms with van der Waals surface area (Å²) in [5.41, 5.74) is 0.853. The Morgan fingerprint density at radius 2 is 2.22 bits per heavy atom. The molecule has 5 nitrogen and oxygen atoms in total. The normalized spacial score (nSPS) is 19.5. The van der Waals surface area contributed by atoms with Crippen LogP contribution in [0.4, 0.5) is 4.79 Å². The minimum atomic E-state index is -0.380. The van der Waals surface area contributed by atoms with Crippen LogP contribution in [0.5, 0.6) is 0 Å². The highest BCUT2D eigenvalue weighted by atomic mass is 16.2. The molecule has 1 atom stereocenters. The van der Waals surface area contributed by atoms with Gasteiger partial charge in [-0.1, -0.05) is 19.9 Å². The van der Waals surface area contributed by atoms with Crippen LogP contribution < -0.4 is 5.32 Å². The van der Waals surface area contributed by atoms with Gasteiger partial charge in [0.25, 0.3) is 5.91 Å². The molecule has 96 valence electrons. The van der Waals surface area contributed by atoms with E-state index in [1.807, 2.05) is 19.9 Å². The summed E-state index contributed by atoms with van der Waals surface area (Å²) in [4.78, 5) is 29.1. The number of carbonyl (C=O) groups is 2. The Labute approximate surface area is 106 Å². The van der Waals surface area contributed by atoms with Gasteiger partial charge in [0.1, 0.15) is 6.04 Å². The number of hydrogen-bond donors (Lipinski definition) is 1. The zero-order valence-electron chi connectivity index (χ0n) is 10.6. The first-order chi connectivity index (χ1) is 8.58. The van der Waals surface area contributed by atoms with Gasteiger partial charge in [-0.05, 0) is 24.0 Å². The molecule has 1 aliphatic rings. The zero-order valence-corrected chi connectivity index (χ0v) is 10.6. The van der Waals surface area contributed by atoms with Crippen molar-refractivity contribution in [3.05, 3.63) is 30.1 Å². The van der Waals surface area contributed by atoms with Gasteiger partial charge in [-0.15, -0.1) is 0 Å². The lowest BCUT2D eigenvalue weighted by molar-refractivity contribution is -0.128. The van der Waals surface area contributed by atoms with Gasteiger partial charge in [-0.3, -0.25) is 14.7 Å².